The molecule has 5 heteroatoms. The van der Waals surface area contributed by atoms with Gasteiger partial charge in [0, 0.05) is 0 Å². The third-order valence-corrected chi connectivity index (χ3v) is 1.49. The summed E-state index contributed by atoms with van der Waals surface area (Å²) in [6.45, 7) is -0.326. The van der Waals surface area contributed by atoms with Crippen LogP contribution in [0.15, 0.2) is 0 Å². The molecule has 0 aromatic rings. The zero-order valence-corrected chi connectivity index (χ0v) is 5.20. The molecule has 1 fully saturated rings. The molecule has 2 unspecified atom stereocenters. The van der Waals surface area contributed by atoms with Gasteiger partial charge in [-0.1, -0.05) is 0 Å². The molecule has 1 amide bonds. The number of carboxylic acid groups (broad SMARTS) is 1. The lowest BCUT2D eigenvalue weighted by molar-refractivity contribution is 0.114. The summed E-state index contributed by atoms with van der Waals surface area (Å²) < 4.78 is 12.4. The summed E-state index contributed by atoms with van der Waals surface area (Å²) in [6.07, 6.45) is -3.74. The van der Waals surface area contributed by atoms with E-state index in [2.05, 4.69) is 0 Å². The van der Waals surface area contributed by atoms with Gasteiger partial charge < -0.3 is 15.1 Å². The predicted octanol–water partition coefficient (Wildman–Crippen LogP) is -0.321. The molecule has 1 heterocycles. The van der Waals surface area contributed by atoms with Gasteiger partial charge >= 0.3 is 6.09 Å². The van der Waals surface area contributed by atoms with Gasteiger partial charge in [-0.3, -0.25) is 0 Å². The Hall–Kier alpha value is -0.840. The van der Waals surface area contributed by atoms with Crippen LogP contribution in [-0.2, 0) is 0 Å². The quantitative estimate of drug-likeness (QED) is 0.496. The molecule has 1 aliphatic rings. The Morgan fingerprint density at radius 1 is 1.60 bits per heavy atom. The van der Waals surface area contributed by atoms with Gasteiger partial charge in [-0.05, 0) is 0 Å². The highest BCUT2D eigenvalue weighted by atomic mass is 19.1. The molecule has 1 rings (SSSR count). The van der Waals surface area contributed by atoms with E-state index in [0.29, 0.717) is 0 Å². The Bertz CT molecular complexity index is 142. The SMILES string of the molecule is O=C(O)N1CC(O)C(F)C1. The number of nitrogens with zero attached hydrogens (tertiary/aromatic N) is 1. The smallest absolute Gasteiger partial charge is 0.407 e. The summed E-state index contributed by atoms with van der Waals surface area (Å²) in [5, 5.41) is 17.0. The monoisotopic (exact) mass is 149 g/mol. The van der Waals surface area contributed by atoms with Crippen LogP contribution in [0.5, 0.6) is 0 Å². The molecule has 2 N–H and O–H groups in total. The number of carbonyl (C=O) groups is 1. The molecular formula is C5H8FNO3. The number of rotatable bonds is 0. The number of β-amino-alcohol motifs (C(OH)–C–C–N with tert-alkyl or cyclic N) is 1. The largest absolute Gasteiger partial charge is 0.465 e. The van der Waals surface area contributed by atoms with Crippen molar-refractivity contribution in [1.82, 2.24) is 4.90 Å². The van der Waals surface area contributed by atoms with Gasteiger partial charge in [0.05, 0.1) is 13.1 Å². The van der Waals surface area contributed by atoms with Crippen LogP contribution < -0.4 is 0 Å². The van der Waals surface area contributed by atoms with Gasteiger partial charge in [0.15, 0.2) is 0 Å². The van der Waals surface area contributed by atoms with Gasteiger partial charge in [0.25, 0.3) is 0 Å². The minimum Gasteiger partial charge on any atom is -0.465 e. The van der Waals surface area contributed by atoms with Crippen molar-refractivity contribution < 1.29 is 19.4 Å². The Morgan fingerprint density at radius 2 is 2.20 bits per heavy atom. The molecule has 0 aromatic carbocycles. The molecule has 2 atom stereocenters. The average Bonchev–Trinajstić information content (AvgIpc) is 2.13. The number of hydrogen-bond donors (Lipinski definition) is 2. The van der Waals surface area contributed by atoms with E-state index in [-0.39, 0.29) is 13.1 Å². The third-order valence-electron chi connectivity index (χ3n) is 1.49. The first-order valence-corrected chi connectivity index (χ1v) is 2.91. The number of hydrogen-bond acceptors (Lipinski definition) is 2. The van der Waals surface area contributed by atoms with Crippen LogP contribution in [0.2, 0.25) is 0 Å². The molecule has 0 aromatic heterocycles. The fraction of sp³-hybridized carbons (Fsp3) is 0.800. The Balaban J connectivity index is 2.49. The normalized spacial score (nSPS) is 32.8. The van der Waals surface area contributed by atoms with E-state index in [1.165, 1.54) is 0 Å². The lowest BCUT2D eigenvalue weighted by atomic mass is 10.3. The molecule has 0 saturated carbocycles. The highest BCUT2D eigenvalue weighted by molar-refractivity contribution is 5.65. The second kappa shape index (κ2) is 2.42. The summed E-state index contributed by atoms with van der Waals surface area (Å²) in [5.41, 5.74) is 0. The summed E-state index contributed by atoms with van der Waals surface area (Å²) in [5.74, 6) is 0. The predicted molar refractivity (Wildman–Crippen MR) is 30.5 cm³/mol. The zero-order valence-electron chi connectivity index (χ0n) is 5.20. The fourth-order valence-electron chi connectivity index (χ4n) is 0.903. The van der Waals surface area contributed by atoms with Gasteiger partial charge in [0.1, 0.15) is 12.3 Å². The highest BCUT2D eigenvalue weighted by Crippen LogP contribution is 2.12. The average molecular weight is 149 g/mol. The molecule has 10 heavy (non-hydrogen) atoms. The lowest BCUT2D eigenvalue weighted by Crippen LogP contribution is -2.27. The fourth-order valence-corrected chi connectivity index (χ4v) is 0.903. The maximum Gasteiger partial charge on any atom is 0.407 e. The zero-order chi connectivity index (χ0) is 7.72. The van der Waals surface area contributed by atoms with Crippen LogP contribution in [0.1, 0.15) is 0 Å². The summed E-state index contributed by atoms with van der Waals surface area (Å²) in [7, 11) is 0. The van der Waals surface area contributed by atoms with E-state index >= 15 is 0 Å². The van der Waals surface area contributed by atoms with Crippen LogP contribution in [-0.4, -0.2) is 46.6 Å². The van der Waals surface area contributed by atoms with Gasteiger partial charge in [-0.25, -0.2) is 9.18 Å². The molecule has 0 spiro atoms. The summed E-state index contributed by atoms with van der Waals surface area (Å²) >= 11 is 0. The van der Waals surface area contributed by atoms with Crippen molar-refractivity contribution in [2.45, 2.75) is 12.3 Å². The Kier molecular flexibility index (Phi) is 1.76. The van der Waals surface area contributed by atoms with E-state index in [0.717, 1.165) is 4.90 Å². The first-order chi connectivity index (χ1) is 4.61. The molecule has 1 saturated heterocycles. The van der Waals surface area contributed by atoms with Crippen LogP contribution >= 0.6 is 0 Å². The van der Waals surface area contributed by atoms with Crippen molar-refractivity contribution in [2.75, 3.05) is 13.1 Å². The molecule has 0 bridgehead atoms. The molecule has 4 nitrogen and oxygen atoms in total. The van der Waals surface area contributed by atoms with Crippen molar-refractivity contribution in [2.24, 2.45) is 0 Å². The van der Waals surface area contributed by atoms with E-state index in [1.807, 2.05) is 0 Å². The second-order valence-electron chi connectivity index (χ2n) is 2.27. The molecule has 1 aliphatic heterocycles. The summed E-state index contributed by atoms with van der Waals surface area (Å²) in [4.78, 5) is 11.0. The van der Waals surface area contributed by atoms with E-state index in [4.69, 9.17) is 10.2 Å². The summed E-state index contributed by atoms with van der Waals surface area (Å²) in [6, 6.07) is 0. The maximum absolute atomic E-state index is 12.4. The van der Waals surface area contributed by atoms with E-state index in [9.17, 15) is 9.18 Å². The van der Waals surface area contributed by atoms with Crippen molar-refractivity contribution in [3.63, 3.8) is 0 Å². The number of aliphatic hydroxyl groups excluding tert-OH is 1. The first kappa shape index (κ1) is 7.27. The van der Waals surface area contributed by atoms with Crippen LogP contribution in [0.25, 0.3) is 0 Å². The van der Waals surface area contributed by atoms with E-state index < -0.39 is 18.4 Å². The highest BCUT2D eigenvalue weighted by Gasteiger charge is 2.33. The molecule has 0 radical (unpaired) electrons. The van der Waals surface area contributed by atoms with Gasteiger partial charge in [-0.2, -0.15) is 0 Å². The lowest BCUT2D eigenvalue weighted by Gasteiger charge is -2.07. The molecule has 0 aliphatic carbocycles. The van der Waals surface area contributed by atoms with Crippen LogP contribution in [0.4, 0.5) is 9.18 Å². The third kappa shape index (κ3) is 1.18. The number of likely N-dealkylation sites (tertiary alicyclic amines) is 1. The molecule has 58 valence electrons. The van der Waals surface area contributed by atoms with E-state index in [1.54, 1.807) is 0 Å². The Morgan fingerprint density at radius 3 is 2.40 bits per heavy atom. The van der Waals surface area contributed by atoms with Gasteiger partial charge in [-0.15, -0.1) is 0 Å². The van der Waals surface area contributed by atoms with Gasteiger partial charge in [0.2, 0.25) is 0 Å². The van der Waals surface area contributed by atoms with Crippen LogP contribution in [0, 0.1) is 0 Å². The van der Waals surface area contributed by atoms with Crippen molar-refractivity contribution >= 4 is 6.09 Å². The van der Waals surface area contributed by atoms with Crippen LogP contribution in [0.3, 0.4) is 0 Å². The number of halogens is 1. The van der Waals surface area contributed by atoms with Crippen molar-refractivity contribution in [3.8, 4) is 0 Å². The standard InChI is InChI=1S/C5H8FNO3/c6-3-1-7(5(9)10)2-4(3)8/h3-4,8H,1-2H2,(H,9,10). The minimum atomic E-state index is -1.42. The Labute approximate surface area is 56.9 Å². The number of alkyl halides is 1. The maximum atomic E-state index is 12.4. The first-order valence-electron chi connectivity index (χ1n) is 2.91. The van der Waals surface area contributed by atoms with Crippen molar-refractivity contribution in [1.29, 1.82) is 0 Å². The number of aliphatic hydroxyl groups is 1. The second-order valence-corrected chi connectivity index (χ2v) is 2.27. The topological polar surface area (TPSA) is 60.8 Å². The minimum absolute atomic E-state index is 0.115. The number of amides is 1. The molecular weight excluding hydrogens is 141 g/mol. The van der Waals surface area contributed by atoms with Crippen molar-refractivity contribution in [3.05, 3.63) is 0 Å².